The molecule has 2 aromatic carbocycles. The van der Waals surface area contributed by atoms with Gasteiger partial charge in [-0.25, -0.2) is 17.5 Å². The fourth-order valence-electron chi connectivity index (χ4n) is 3.08. The fourth-order valence-corrected chi connectivity index (χ4v) is 4.72. The summed E-state index contributed by atoms with van der Waals surface area (Å²) in [6.45, 7) is 0.402. The van der Waals surface area contributed by atoms with Crippen LogP contribution >= 0.6 is 11.6 Å². The smallest absolute Gasteiger partial charge is 0.376 e. The monoisotopic (exact) mass is 437 g/mol. The quantitative estimate of drug-likeness (QED) is 0.690. The van der Waals surface area contributed by atoms with Crippen molar-refractivity contribution in [2.75, 3.05) is 6.61 Å². The SMILES string of the molecule is O=S(=O)(NC(c1ccc(F)cc1)C1CCCO1)c1ccc(Cl)cc1C(F)(F)F. The highest BCUT2D eigenvalue weighted by Gasteiger charge is 2.39. The number of hydrogen-bond donors (Lipinski definition) is 1. The normalized spacial score (nSPS) is 19.0. The van der Waals surface area contributed by atoms with E-state index in [0.29, 0.717) is 31.1 Å². The van der Waals surface area contributed by atoms with E-state index in [1.54, 1.807) is 0 Å². The molecule has 0 spiro atoms. The van der Waals surface area contributed by atoms with E-state index in [1.165, 1.54) is 12.1 Å². The van der Waals surface area contributed by atoms with Crippen LogP contribution in [0.4, 0.5) is 17.6 Å². The van der Waals surface area contributed by atoms with Gasteiger partial charge in [-0.05, 0) is 48.7 Å². The van der Waals surface area contributed by atoms with Gasteiger partial charge >= 0.3 is 6.18 Å². The summed E-state index contributed by atoms with van der Waals surface area (Å²) in [6, 6.07) is 6.52. The molecule has 1 N–H and O–H groups in total. The maximum absolute atomic E-state index is 13.3. The van der Waals surface area contributed by atoms with Crippen molar-refractivity contribution in [3.05, 3.63) is 64.4 Å². The summed E-state index contributed by atoms with van der Waals surface area (Å²) in [5.41, 5.74) is -0.975. The number of hydrogen-bond acceptors (Lipinski definition) is 3. The molecule has 3 rings (SSSR count). The van der Waals surface area contributed by atoms with Gasteiger partial charge in [0.05, 0.1) is 22.6 Å². The second kappa shape index (κ2) is 7.98. The number of alkyl halides is 3. The summed E-state index contributed by atoms with van der Waals surface area (Å²) in [5, 5.41) is -0.236. The van der Waals surface area contributed by atoms with Crippen molar-refractivity contribution >= 4 is 21.6 Å². The molecule has 2 unspecified atom stereocenters. The van der Waals surface area contributed by atoms with Crippen LogP contribution in [0.5, 0.6) is 0 Å². The van der Waals surface area contributed by atoms with Gasteiger partial charge in [-0.2, -0.15) is 13.2 Å². The van der Waals surface area contributed by atoms with Crippen molar-refractivity contribution in [3.8, 4) is 0 Å². The molecule has 28 heavy (non-hydrogen) atoms. The summed E-state index contributed by atoms with van der Waals surface area (Å²) < 4.78 is 86.8. The third kappa shape index (κ3) is 4.65. The lowest BCUT2D eigenvalue weighted by molar-refractivity contribution is -0.139. The lowest BCUT2D eigenvalue weighted by Crippen LogP contribution is -2.37. The van der Waals surface area contributed by atoms with Gasteiger partial charge in [0.2, 0.25) is 10.0 Å². The predicted molar refractivity (Wildman–Crippen MR) is 94.9 cm³/mol. The second-order valence-electron chi connectivity index (χ2n) is 6.34. The highest BCUT2D eigenvalue weighted by Crippen LogP contribution is 2.37. The number of sulfonamides is 1. The molecule has 0 saturated carbocycles. The third-order valence-corrected chi connectivity index (χ3v) is 6.12. The van der Waals surface area contributed by atoms with Crippen molar-refractivity contribution in [1.29, 1.82) is 0 Å². The van der Waals surface area contributed by atoms with Crippen molar-refractivity contribution in [2.45, 2.75) is 36.1 Å². The van der Waals surface area contributed by atoms with Gasteiger partial charge in [0, 0.05) is 11.6 Å². The summed E-state index contributed by atoms with van der Waals surface area (Å²) >= 11 is 5.62. The first kappa shape index (κ1) is 21.0. The lowest BCUT2D eigenvalue weighted by atomic mass is 10.0. The Bertz CT molecular complexity index is 942. The molecule has 1 fully saturated rings. The first-order valence-electron chi connectivity index (χ1n) is 8.34. The van der Waals surface area contributed by atoms with Crippen molar-refractivity contribution in [1.82, 2.24) is 4.72 Å². The highest BCUT2D eigenvalue weighted by molar-refractivity contribution is 7.89. The third-order valence-electron chi connectivity index (χ3n) is 4.38. The minimum atomic E-state index is -4.91. The molecule has 0 amide bonds. The van der Waals surface area contributed by atoms with Crippen molar-refractivity contribution < 1.29 is 30.7 Å². The molecule has 1 heterocycles. The maximum Gasteiger partial charge on any atom is 0.417 e. The molecule has 0 aliphatic carbocycles. The fraction of sp³-hybridized carbons (Fsp3) is 0.333. The Balaban J connectivity index is 2.02. The van der Waals surface area contributed by atoms with Crippen LogP contribution in [0.15, 0.2) is 47.4 Å². The Morgan fingerprint density at radius 3 is 2.39 bits per heavy atom. The molecular weight excluding hydrogens is 422 g/mol. The molecule has 1 saturated heterocycles. The number of ether oxygens (including phenoxy) is 1. The molecule has 10 heteroatoms. The van der Waals surface area contributed by atoms with Gasteiger partial charge in [0.15, 0.2) is 0 Å². The maximum atomic E-state index is 13.3. The van der Waals surface area contributed by atoms with Gasteiger partial charge in [0.25, 0.3) is 0 Å². The van der Waals surface area contributed by atoms with E-state index in [0.717, 1.165) is 24.3 Å². The van der Waals surface area contributed by atoms with E-state index < -0.39 is 44.6 Å². The summed E-state index contributed by atoms with van der Waals surface area (Å²) in [7, 11) is -4.59. The molecule has 152 valence electrons. The predicted octanol–water partition coefficient (Wildman–Crippen LogP) is 4.70. The van der Waals surface area contributed by atoms with Crippen LogP contribution in [0.3, 0.4) is 0 Å². The van der Waals surface area contributed by atoms with E-state index in [-0.39, 0.29) is 5.02 Å². The standard InChI is InChI=1S/C18H16ClF4NO3S/c19-12-5-8-16(14(10-12)18(21,22)23)28(25,26)24-17(15-2-1-9-27-15)11-3-6-13(20)7-4-11/h3-8,10,15,17,24H,1-2,9H2. The first-order valence-corrected chi connectivity index (χ1v) is 10.2. The molecule has 4 nitrogen and oxygen atoms in total. The van der Waals surface area contributed by atoms with Crippen LogP contribution in [0.1, 0.15) is 30.0 Å². The summed E-state index contributed by atoms with van der Waals surface area (Å²) in [6.07, 6.45) is -4.30. The van der Waals surface area contributed by atoms with Crippen LogP contribution < -0.4 is 4.72 Å². The van der Waals surface area contributed by atoms with Crippen LogP contribution in [-0.2, 0) is 20.9 Å². The van der Waals surface area contributed by atoms with Crippen LogP contribution in [0, 0.1) is 5.82 Å². The van der Waals surface area contributed by atoms with Crippen LogP contribution in [0.2, 0.25) is 5.02 Å². The van der Waals surface area contributed by atoms with Gasteiger partial charge in [-0.1, -0.05) is 23.7 Å². The van der Waals surface area contributed by atoms with E-state index in [4.69, 9.17) is 16.3 Å². The van der Waals surface area contributed by atoms with Crippen molar-refractivity contribution in [2.24, 2.45) is 0 Å². The summed E-state index contributed by atoms with van der Waals surface area (Å²) in [5.74, 6) is -0.519. The average molecular weight is 438 g/mol. The number of nitrogens with one attached hydrogen (secondary N) is 1. The molecule has 0 aromatic heterocycles. The Hall–Kier alpha value is -1.68. The van der Waals surface area contributed by atoms with Crippen LogP contribution in [-0.4, -0.2) is 21.1 Å². The largest absolute Gasteiger partial charge is 0.417 e. The first-order chi connectivity index (χ1) is 13.1. The zero-order valence-electron chi connectivity index (χ0n) is 14.3. The summed E-state index contributed by atoms with van der Waals surface area (Å²) in [4.78, 5) is -0.936. The lowest BCUT2D eigenvalue weighted by Gasteiger charge is -2.25. The Morgan fingerprint density at radius 1 is 1.14 bits per heavy atom. The zero-order chi connectivity index (χ0) is 20.5. The van der Waals surface area contributed by atoms with E-state index in [1.807, 2.05) is 0 Å². The molecular formula is C18H16ClF4NO3S. The Labute approximate surface area is 164 Å². The molecule has 1 aliphatic rings. The van der Waals surface area contributed by atoms with E-state index >= 15 is 0 Å². The van der Waals surface area contributed by atoms with Gasteiger partial charge in [-0.3, -0.25) is 0 Å². The molecule has 0 bridgehead atoms. The number of benzene rings is 2. The molecule has 2 aromatic rings. The number of halogens is 5. The van der Waals surface area contributed by atoms with E-state index in [2.05, 4.69) is 4.72 Å². The van der Waals surface area contributed by atoms with Gasteiger partial charge in [0.1, 0.15) is 5.82 Å². The molecule has 1 aliphatic heterocycles. The highest BCUT2D eigenvalue weighted by atomic mass is 35.5. The minimum Gasteiger partial charge on any atom is -0.376 e. The van der Waals surface area contributed by atoms with E-state index in [9.17, 15) is 26.0 Å². The molecule has 2 atom stereocenters. The molecule has 0 radical (unpaired) electrons. The van der Waals surface area contributed by atoms with Crippen LogP contribution in [0.25, 0.3) is 0 Å². The van der Waals surface area contributed by atoms with Gasteiger partial charge < -0.3 is 4.74 Å². The zero-order valence-corrected chi connectivity index (χ0v) is 15.9. The topological polar surface area (TPSA) is 55.4 Å². The average Bonchev–Trinajstić information content (AvgIpc) is 3.14. The Morgan fingerprint density at radius 2 is 1.82 bits per heavy atom. The minimum absolute atomic E-state index is 0.236. The van der Waals surface area contributed by atoms with Gasteiger partial charge in [-0.15, -0.1) is 0 Å². The van der Waals surface area contributed by atoms with Crippen molar-refractivity contribution in [3.63, 3.8) is 0 Å². The Kier molecular flexibility index (Phi) is 6.00. The number of rotatable bonds is 5. The second-order valence-corrected chi connectivity index (χ2v) is 8.46.